The predicted octanol–water partition coefficient (Wildman–Crippen LogP) is 2.41. The van der Waals surface area contributed by atoms with Gasteiger partial charge in [0.15, 0.2) is 0 Å². The maximum Gasteiger partial charge on any atom is 0.239 e. The Hall–Kier alpha value is -1.29. The van der Waals surface area contributed by atoms with Gasteiger partial charge in [0.2, 0.25) is 6.54 Å². The summed E-state index contributed by atoms with van der Waals surface area (Å²) in [5, 5.41) is 0. The molecule has 1 nitrogen and oxygen atoms in total. The van der Waals surface area contributed by atoms with Gasteiger partial charge < -0.3 is 4.85 Å². The quantitative estimate of drug-likeness (QED) is 0.515. The van der Waals surface area contributed by atoms with Crippen LogP contribution in [0.3, 0.4) is 0 Å². The van der Waals surface area contributed by atoms with Crippen LogP contribution in [-0.2, 0) is 6.54 Å². The minimum absolute atomic E-state index is 0.500. The minimum atomic E-state index is 0.500. The molecule has 1 aromatic rings. The lowest BCUT2D eigenvalue weighted by molar-refractivity contribution is 1.25. The number of rotatable bonds is 1. The summed E-state index contributed by atoms with van der Waals surface area (Å²) in [6.45, 7) is 9.16. The lowest BCUT2D eigenvalue weighted by Gasteiger charge is -1.91. The second-order valence-electron chi connectivity index (χ2n) is 2.30. The molecule has 0 heterocycles. The van der Waals surface area contributed by atoms with Crippen LogP contribution in [-0.4, -0.2) is 0 Å². The molecule has 0 N–H and O–H groups in total. The molecule has 0 radical (unpaired) electrons. The van der Waals surface area contributed by atoms with E-state index in [-0.39, 0.29) is 0 Å². The Morgan fingerprint density at radius 2 is 1.90 bits per heavy atom. The molecule has 0 saturated carbocycles. The highest BCUT2D eigenvalue weighted by Crippen LogP contribution is 2.03. The van der Waals surface area contributed by atoms with Crippen LogP contribution in [0.2, 0.25) is 0 Å². The van der Waals surface area contributed by atoms with E-state index in [4.69, 9.17) is 6.57 Å². The van der Waals surface area contributed by atoms with Gasteiger partial charge in [-0.05, 0) is 6.92 Å². The van der Waals surface area contributed by atoms with Gasteiger partial charge in [0.25, 0.3) is 0 Å². The van der Waals surface area contributed by atoms with Gasteiger partial charge in [-0.2, -0.15) is 0 Å². The zero-order chi connectivity index (χ0) is 7.40. The second-order valence-corrected chi connectivity index (χ2v) is 2.30. The van der Waals surface area contributed by atoms with E-state index in [9.17, 15) is 0 Å². The molecule has 50 valence electrons. The van der Waals surface area contributed by atoms with Gasteiger partial charge in [-0.15, -0.1) is 0 Å². The standard InChI is InChI=1S/C9H9N/c1-8-3-5-9(6-4-8)7-10-2/h3-6H,7H2,1H3. The van der Waals surface area contributed by atoms with E-state index in [0.717, 1.165) is 5.56 Å². The van der Waals surface area contributed by atoms with Crippen LogP contribution in [0.4, 0.5) is 0 Å². The van der Waals surface area contributed by atoms with E-state index in [0.29, 0.717) is 6.54 Å². The fourth-order valence-corrected chi connectivity index (χ4v) is 0.785. The van der Waals surface area contributed by atoms with Gasteiger partial charge in [0.1, 0.15) is 0 Å². The summed E-state index contributed by atoms with van der Waals surface area (Å²) in [6, 6.07) is 8.04. The molecule has 0 aliphatic rings. The Balaban J connectivity index is 2.81. The van der Waals surface area contributed by atoms with Crippen LogP contribution >= 0.6 is 0 Å². The third kappa shape index (κ3) is 1.60. The number of aryl methyl sites for hydroxylation is 1. The van der Waals surface area contributed by atoms with Crippen molar-refractivity contribution in [2.75, 3.05) is 0 Å². The third-order valence-corrected chi connectivity index (χ3v) is 1.38. The highest BCUT2D eigenvalue weighted by Gasteiger charge is 1.91. The zero-order valence-corrected chi connectivity index (χ0v) is 5.96. The van der Waals surface area contributed by atoms with Crippen LogP contribution < -0.4 is 0 Å². The van der Waals surface area contributed by atoms with E-state index < -0.39 is 0 Å². The lowest BCUT2D eigenvalue weighted by atomic mass is 10.2. The molecule has 0 unspecified atom stereocenters. The van der Waals surface area contributed by atoms with Crippen molar-refractivity contribution in [2.45, 2.75) is 13.5 Å². The first-order valence-corrected chi connectivity index (χ1v) is 3.21. The second kappa shape index (κ2) is 3.03. The SMILES string of the molecule is [C-]#[N+]Cc1ccc(C)cc1. The Kier molecular flexibility index (Phi) is 2.07. The van der Waals surface area contributed by atoms with Crippen LogP contribution in [0.5, 0.6) is 0 Å². The molecule has 0 saturated heterocycles. The average molecular weight is 131 g/mol. The Bertz CT molecular complexity index is 240. The lowest BCUT2D eigenvalue weighted by Crippen LogP contribution is -1.77. The fourth-order valence-electron chi connectivity index (χ4n) is 0.785. The van der Waals surface area contributed by atoms with Crippen molar-refractivity contribution in [2.24, 2.45) is 0 Å². The summed E-state index contributed by atoms with van der Waals surface area (Å²) in [6.07, 6.45) is 0. The molecular formula is C9H9N. The van der Waals surface area contributed by atoms with Gasteiger partial charge in [0, 0.05) is 5.56 Å². The smallest absolute Gasteiger partial charge is 0.239 e. The van der Waals surface area contributed by atoms with E-state index in [1.807, 2.05) is 31.2 Å². The molecule has 10 heavy (non-hydrogen) atoms. The first kappa shape index (κ1) is 6.82. The van der Waals surface area contributed by atoms with Crippen molar-refractivity contribution >= 4 is 0 Å². The third-order valence-electron chi connectivity index (χ3n) is 1.38. The van der Waals surface area contributed by atoms with Crippen molar-refractivity contribution in [3.05, 3.63) is 46.8 Å². The normalized spacial score (nSPS) is 8.80. The molecule has 1 aromatic carbocycles. The molecule has 0 amide bonds. The van der Waals surface area contributed by atoms with Gasteiger partial charge in [-0.1, -0.05) is 29.8 Å². The fraction of sp³-hybridized carbons (Fsp3) is 0.222. The molecule has 0 bridgehead atoms. The van der Waals surface area contributed by atoms with Crippen LogP contribution in [0.15, 0.2) is 24.3 Å². The highest BCUT2D eigenvalue weighted by molar-refractivity contribution is 5.21. The zero-order valence-electron chi connectivity index (χ0n) is 5.96. The molecule has 0 aliphatic carbocycles. The summed E-state index contributed by atoms with van der Waals surface area (Å²) in [5.41, 5.74) is 2.34. The summed E-state index contributed by atoms with van der Waals surface area (Å²) in [4.78, 5) is 3.29. The van der Waals surface area contributed by atoms with E-state index in [1.54, 1.807) is 0 Å². The van der Waals surface area contributed by atoms with E-state index in [2.05, 4.69) is 4.85 Å². The highest BCUT2D eigenvalue weighted by atomic mass is 14.6. The molecule has 1 heteroatoms. The van der Waals surface area contributed by atoms with Crippen molar-refractivity contribution in [1.29, 1.82) is 0 Å². The van der Waals surface area contributed by atoms with Crippen LogP contribution in [0.25, 0.3) is 4.85 Å². The van der Waals surface area contributed by atoms with Crippen molar-refractivity contribution < 1.29 is 0 Å². The molecular weight excluding hydrogens is 122 g/mol. The predicted molar refractivity (Wildman–Crippen MR) is 41.5 cm³/mol. The van der Waals surface area contributed by atoms with Crippen LogP contribution in [0.1, 0.15) is 11.1 Å². The van der Waals surface area contributed by atoms with Gasteiger partial charge in [-0.25, -0.2) is 6.57 Å². The Morgan fingerprint density at radius 3 is 2.40 bits per heavy atom. The van der Waals surface area contributed by atoms with Crippen molar-refractivity contribution in [3.63, 3.8) is 0 Å². The first-order chi connectivity index (χ1) is 4.83. The summed E-state index contributed by atoms with van der Waals surface area (Å²) >= 11 is 0. The first-order valence-electron chi connectivity index (χ1n) is 3.21. The molecule has 0 aromatic heterocycles. The van der Waals surface area contributed by atoms with E-state index >= 15 is 0 Å². The molecule has 0 fully saturated rings. The topological polar surface area (TPSA) is 4.36 Å². The number of benzene rings is 1. The number of hydrogen-bond donors (Lipinski definition) is 0. The maximum atomic E-state index is 6.62. The monoisotopic (exact) mass is 131 g/mol. The van der Waals surface area contributed by atoms with E-state index in [1.165, 1.54) is 5.56 Å². The summed E-state index contributed by atoms with van der Waals surface area (Å²) in [5.74, 6) is 0. The summed E-state index contributed by atoms with van der Waals surface area (Å²) in [7, 11) is 0. The number of nitrogens with zero attached hydrogens (tertiary/aromatic N) is 1. The van der Waals surface area contributed by atoms with Crippen molar-refractivity contribution in [3.8, 4) is 0 Å². The number of hydrogen-bond acceptors (Lipinski definition) is 0. The molecule has 0 spiro atoms. The summed E-state index contributed by atoms with van der Waals surface area (Å²) < 4.78 is 0. The largest absolute Gasteiger partial charge is 0.312 e. The van der Waals surface area contributed by atoms with Crippen molar-refractivity contribution in [1.82, 2.24) is 0 Å². The molecule has 0 aliphatic heterocycles. The molecule has 1 rings (SSSR count). The Labute approximate surface area is 61.1 Å². The molecule has 0 atom stereocenters. The minimum Gasteiger partial charge on any atom is -0.312 e. The maximum absolute atomic E-state index is 6.62. The van der Waals surface area contributed by atoms with Gasteiger partial charge >= 0.3 is 0 Å². The average Bonchev–Trinajstić information content (AvgIpc) is 1.95. The van der Waals surface area contributed by atoms with Crippen LogP contribution in [0, 0.1) is 13.5 Å². The van der Waals surface area contributed by atoms with Gasteiger partial charge in [-0.3, -0.25) is 0 Å². The van der Waals surface area contributed by atoms with Gasteiger partial charge in [0.05, 0.1) is 0 Å². The Morgan fingerprint density at radius 1 is 1.30 bits per heavy atom.